The molecule has 1 fully saturated rings. The van der Waals surface area contributed by atoms with Crippen molar-refractivity contribution in [3.8, 4) is 5.69 Å². The summed E-state index contributed by atoms with van der Waals surface area (Å²) in [5.74, 6) is 0.0163. The molecule has 2 aliphatic heterocycles. The molecule has 5 rings (SSSR count). The minimum atomic E-state index is 0.0163. The first-order valence-corrected chi connectivity index (χ1v) is 9.32. The molecule has 0 bridgehead atoms. The SMILES string of the molecule is O=C(c1cccc(-n2cnnn2)c1)N1CC2CCCCN2c2ccccc21. The third kappa shape index (κ3) is 2.75. The van der Waals surface area contributed by atoms with Crippen LogP contribution < -0.4 is 9.80 Å². The monoisotopic (exact) mass is 360 g/mol. The lowest BCUT2D eigenvalue weighted by Gasteiger charge is -2.46. The third-order valence-electron chi connectivity index (χ3n) is 5.45. The van der Waals surface area contributed by atoms with E-state index < -0.39 is 0 Å². The number of tetrazole rings is 1. The van der Waals surface area contributed by atoms with Gasteiger partial charge < -0.3 is 9.80 Å². The summed E-state index contributed by atoms with van der Waals surface area (Å²) in [6, 6.07) is 16.1. The van der Waals surface area contributed by atoms with Crippen LogP contribution in [0.1, 0.15) is 29.6 Å². The van der Waals surface area contributed by atoms with Crippen molar-refractivity contribution in [3.05, 3.63) is 60.4 Å². The van der Waals surface area contributed by atoms with Crippen molar-refractivity contribution in [2.75, 3.05) is 22.9 Å². The molecule has 0 saturated carbocycles. The molecule has 0 N–H and O–H groups in total. The predicted octanol–water partition coefficient (Wildman–Crippen LogP) is 2.68. The molecule has 3 heterocycles. The molecule has 3 aromatic rings. The molecular weight excluding hydrogens is 340 g/mol. The van der Waals surface area contributed by atoms with Gasteiger partial charge in [0.2, 0.25) is 0 Å². The van der Waals surface area contributed by atoms with Gasteiger partial charge >= 0.3 is 0 Å². The number of carbonyl (C=O) groups excluding carboxylic acids is 1. The Morgan fingerprint density at radius 1 is 1.04 bits per heavy atom. The number of hydrogen-bond donors (Lipinski definition) is 0. The van der Waals surface area contributed by atoms with Crippen molar-refractivity contribution in [1.29, 1.82) is 0 Å². The van der Waals surface area contributed by atoms with Crippen molar-refractivity contribution >= 4 is 17.3 Å². The van der Waals surface area contributed by atoms with E-state index in [0.29, 0.717) is 11.6 Å². The molecule has 1 amide bonds. The maximum atomic E-state index is 13.4. The Balaban J connectivity index is 1.52. The van der Waals surface area contributed by atoms with Gasteiger partial charge in [0.1, 0.15) is 6.33 Å². The summed E-state index contributed by atoms with van der Waals surface area (Å²) in [5, 5.41) is 11.3. The number of rotatable bonds is 2. The Hall–Kier alpha value is -3.22. The highest BCUT2D eigenvalue weighted by molar-refractivity contribution is 6.08. The number of fused-ring (bicyclic) bond motifs is 3. The zero-order valence-electron chi connectivity index (χ0n) is 14.9. The van der Waals surface area contributed by atoms with Crippen LogP contribution in [-0.2, 0) is 0 Å². The first-order chi connectivity index (χ1) is 13.3. The molecule has 1 unspecified atom stereocenters. The van der Waals surface area contributed by atoms with Gasteiger partial charge in [-0.05, 0) is 60.0 Å². The van der Waals surface area contributed by atoms with Crippen LogP contribution in [0.25, 0.3) is 5.69 Å². The van der Waals surface area contributed by atoms with Gasteiger partial charge in [0.25, 0.3) is 5.91 Å². The molecule has 2 aromatic carbocycles. The summed E-state index contributed by atoms with van der Waals surface area (Å²) in [6.45, 7) is 1.80. The Morgan fingerprint density at radius 2 is 1.93 bits per heavy atom. The van der Waals surface area contributed by atoms with Gasteiger partial charge in [-0.1, -0.05) is 18.2 Å². The first kappa shape index (κ1) is 16.0. The maximum Gasteiger partial charge on any atom is 0.258 e. The van der Waals surface area contributed by atoms with Crippen molar-refractivity contribution in [1.82, 2.24) is 20.2 Å². The molecule has 1 saturated heterocycles. The second-order valence-electron chi connectivity index (χ2n) is 7.05. The lowest BCUT2D eigenvalue weighted by molar-refractivity contribution is 0.0982. The number of benzene rings is 2. The average Bonchev–Trinajstić information content (AvgIpc) is 3.28. The standard InChI is InChI=1S/C20H20N6O/c27-20(15-6-5-8-16(12-15)26-14-21-22-23-26)25-13-17-7-3-4-11-24(17)18-9-1-2-10-19(18)25/h1-2,5-6,8-10,12,14,17H,3-4,7,11,13H2. The van der Waals surface area contributed by atoms with E-state index >= 15 is 0 Å². The average molecular weight is 360 g/mol. The van der Waals surface area contributed by atoms with Crippen LogP contribution in [0.4, 0.5) is 11.4 Å². The number of para-hydroxylation sites is 2. The van der Waals surface area contributed by atoms with Crippen LogP contribution in [0.3, 0.4) is 0 Å². The maximum absolute atomic E-state index is 13.4. The number of nitrogens with zero attached hydrogens (tertiary/aromatic N) is 6. The summed E-state index contributed by atoms with van der Waals surface area (Å²) in [4.78, 5) is 17.8. The quantitative estimate of drug-likeness (QED) is 0.703. The molecule has 136 valence electrons. The summed E-state index contributed by atoms with van der Waals surface area (Å²) < 4.78 is 1.56. The summed E-state index contributed by atoms with van der Waals surface area (Å²) in [6.07, 6.45) is 5.09. The normalized spacial score (nSPS) is 18.7. The van der Waals surface area contributed by atoms with E-state index in [1.807, 2.05) is 41.3 Å². The molecule has 7 nitrogen and oxygen atoms in total. The summed E-state index contributed by atoms with van der Waals surface area (Å²) >= 11 is 0. The molecule has 0 aliphatic carbocycles. The van der Waals surface area contributed by atoms with Gasteiger partial charge in [0.15, 0.2) is 0 Å². The minimum absolute atomic E-state index is 0.0163. The number of aromatic nitrogens is 4. The van der Waals surface area contributed by atoms with Crippen LogP contribution in [0.2, 0.25) is 0 Å². The van der Waals surface area contributed by atoms with Crippen molar-refractivity contribution in [2.45, 2.75) is 25.3 Å². The molecule has 1 atom stereocenters. The van der Waals surface area contributed by atoms with E-state index in [1.54, 1.807) is 4.68 Å². The largest absolute Gasteiger partial charge is 0.365 e. The zero-order valence-corrected chi connectivity index (χ0v) is 14.9. The number of amides is 1. The molecule has 1 aromatic heterocycles. The molecular formula is C20H20N6O. The zero-order chi connectivity index (χ0) is 18.2. The van der Waals surface area contributed by atoms with Crippen molar-refractivity contribution in [3.63, 3.8) is 0 Å². The highest BCUT2D eigenvalue weighted by Crippen LogP contribution is 2.39. The van der Waals surface area contributed by atoms with Crippen LogP contribution in [0.5, 0.6) is 0 Å². The number of piperidine rings is 1. The third-order valence-corrected chi connectivity index (χ3v) is 5.45. The Morgan fingerprint density at radius 3 is 2.78 bits per heavy atom. The van der Waals surface area contributed by atoms with Gasteiger partial charge in [-0.15, -0.1) is 5.10 Å². The van der Waals surface area contributed by atoms with Crippen molar-refractivity contribution < 1.29 is 4.79 Å². The first-order valence-electron chi connectivity index (χ1n) is 9.32. The molecule has 0 spiro atoms. The van der Waals surface area contributed by atoms with Crippen LogP contribution in [0.15, 0.2) is 54.9 Å². The van der Waals surface area contributed by atoms with E-state index in [-0.39, 0.29) is 5.91 Å². The minimum Gasteiger partial charge on any atom is -0.365 e. The highest BCUT2D eigenvalue weighted by atomic mass is 16.2. The lowest BCUT2D eigenvalue weighted by Crippen LogP contribution is -2.52. The van der Waals surface area contributed by atoms with Crippen molar-refractivity contribution in [2.24, 2.45) is 0 Å². The van der Waals surface area contributed by atoms with Crippen LogP contribution >= 0.6 is 0 Å². The molecule has 7 heteroatoms. The number of carbonyl (C=O) groups is 1. The van der Waals surface area contributed by atoms with E-state index in [9.17, 15) is 4.79 Å². The van der Waals surface area contributed by atoms with E-state index in [0.717, 1.165) is 30.9 Å². The van der Waals surface area contributed by atoms with E-state index in [4.69, 9.17) is 0 Å². The molecule has 0 radical (unpaired) electrons. The predicted molar refractivity (Wildman–Crippen MR) is 102 cm³/mol. The fourth-order valence-electron chi connectivity index (χ4n) is 4.16. The van der Waals surface area contributed by atoms with E-state index in [1.165, 1.54) is 24.9 Å². The summed E-state index contributed by atoms with van der Waals surface area (Å²) in [7, 11) is 0. The van der Waals surface area contributed by atoms with Crippen LogP contribution in [0, 0.1) is 0 Å². The second-order valence-corrected chi connectivity index (χ2v) is 7.05. The van der Waals surface area contributed by atoms with Gasteiger partial charge in [-0.25, -0.2) is 4.68 Å². The molecule has 2 aliphatic rings. The highest BCUT2D eigenvalue weighted by Gasteiger charge is 2.35. The Bertz CT molecular complexity index is 970. The fraction of sp³-hybridized carbons (Fsp3) is 0.300. The topological polar surface area (TPSA) is 67.2 Å². The van der Waals surface area contributed by atoms with E-state index in [2.05, 4.69) is 32.6 Å². The fourth-order valence-corrected chi connectivity index (χ4v) is 4.16. The summed E-state index contributed by atoms with van der Waals surface area (Å²) in [5.41, 5.74) is 3.57. The second kappa shape index (κ2) is 6.50. The molecule has 27 heavy (non-hydrogen) atoms. The van der Waals surface area contributed by atoms with Gasteiger partial charge in [-0.2, -0.15) is 0 Å². The van der Waals surface area contributed by atoms with Gasteiger partial charge in [0, 0.05) is 24.7 Å². The van der Waals surface area contributed by atoms with Crippen LogP contribution in [-0.4, -0.2) is 45.2 Å². The smallest absolute Gasteiger partial charge is 0.258 e. The number of hydrogen-bond acceptors (Lipinski definition) is 5. The van der Waals surface area contributed by atoms with Gasteiger partial charge in [-0.3, -0.25) is 4.79 Å². The van der Waals surface area contributed by atoms with Gasteiger partial charge in [0.05, 0.1) is 17.1 Å². The Labute approximate surface area is 157 Å². The lowest BCUT2D eigenvalue weighted by atomic mass is 9.96. The Kier molecular flexibility index (Phi) is 3.85. The number of anilines is 2.